The molecule has 0 amide bonds. The maximum Gasteiger partial charge on any atom is 0.129 e. The summed E-state index contributed by atoms with van der Waals surface area (Å²) in [6, 6.07) is 4.82. The molecule has 2 nitrogen and oxygen atoms in total. The van der Waals surface area contributed by atoms with Gasteiger partial charge in [-0.15, -0.1) is 0 Å². The maximum absolute atomic E-state index is 13.6. The Morgan fingerprint density at radius 2 is 1.79 bits per heavy atom. The molecule has 1 aliphatic rings. The molecule has 0 heterocycles. The molecule has 19 heavy (non-hydrogen) atoms. The van der Waals surface area contributed by atoms with Crippen LogP contribution in [0.25, 0.3) is 0 Å². The minimum absolute atomic E-state index is 0.0609. The summed E-state index contributed by atoms with van der Waals surface area (Å²) in [6.07, 6.45) is 4.52. The van der Waals surface area contributed by atoms with Crippen LogP contribution in [0.15, 0.2) is 18.2 Å². The third-order valence-electron chi connectivity index (χ3n) is 3.86. The molecule has 106 valence electrons. The molecule has 1 aromatic rings. The van der Waals surface area contributed by atoms with E-state index in [0.717, 1.165) is 25.7 Å². The van der Waals surface area contributed by atoms with Gasteiger partial charge in [-0.1, -0.05) is 6.07 Å². The van der Waals surface area contributed by atoms with Crippen molar-refractivity contribution >= 4 is 0 Å². The first-order chi connectivity index (χ1) is 9.06. The lowest BCUT2D eigenvalue weighted by Gasteiger charge is -2.29. The predicted molar refractivity (Wildman–Crippen MR) is 72.9 cm³/mol. The van der Waals surface area contributed by atoms with Crippen molar-refractivity contribution < 1.29 is 8.78 Å². The molecular weight excluding hydrogens is 246 g/mol. The Kier molecular flexibility index (Phi) is 4.88. The number of benzene rings is 1. The van der Waals surface area contributed by atoms with E-state index in [2.05, 4.69) is 5.32 Å². The zero-order chi connectivity index (χ0) is 13.8. The standard InChI is InChI=1S/C15H22F2N2/c1-10(19-12-7-5-11(18)6-8-12)9-13-14(16)3-2-4-15(13)17/h2-4,10-12,19H,5-9,18H2,1H3. The molecule has 4 heteroatoms. The van der Waals surface area contributed by atoms with Crippen LogP contribution in [-0.4, -0.2) is 18.1 Å². The first kappa shape index (κ1) is 14.4. The van der Waals surface area contributed by atoms with E-state index in [4.69, 9.17) is 5.73 Å². The smallest absolute Gasteiger partial charge is 0.129 e. The van der Waals surface area contributed by atoms with Crippen molar-refractivity contribution in [3.05, 3.63) is 35.4 Å². The first-order valence-electron chi connectivity index (χ1n) is 7.00. The van der Waals surface area contributed by atoms with Gasteiger partial charge >= 0.3 is 0 Å². The van der Waals surface area contributed by atoms with Crippen molar-refractivity contribution in [2.24, 2.45) is 5.73 Å². The Labute approximate surface area is 113 Å². The average Bonchev–Trinajstić information content (AvgIpc) is 2.37. The molecule has 1 aliphatic carbocycles. The molecule has 0 spiro atoms. The minimum Gasteiger partial charge on any atom is -0.328 e. The molecule has 1 aromatic carbocycles. The Morgan fingerprint density at radius 3 is 2.37 bits per heavy atom. The van der Waals surface area contributed by atoms with Gasteiger partial charge in [-0.05, 0) is 51.2 Å². The lowest BCUT2D eigenvalue weighted by molar-refractivity contribution is 0.317. The van der Waals surface area contributed by atoms with Gasteiger partial charge in [0, 0.05) is 23.7 Å². The third-order valence-corrected chi connectivity index (χ3v) is 3.86. The van der Waals surface area contributed by atoms with Gasteiger partial charge in [0.2, 0.25) is 0 Å². The highest BCUT2D eigenvalue weighted by Crippen LogP contribution is 2.19. The molecule has 1 fully saturated rings. The van der Waals surface area contributed by atoms with Crippen LogP contribution in [0.1, 0.15) is 38.2 Å². The number of hydrogen-bond acceptors (Lipinski definition) is 2. The van der Waals surface area contributed by atoms with Crippen LogP contribution in [0.5, 0.6) is 0 Å². The summed E-state index contributed by atoms with van der Waals surface area (Å²) >= 11 is 0. The van der Waals surface area contributed by atoms with E-state index in [1.165, 1.54) is 18.2 Å². The fourth-order valence-electron chi connectivity index (χ4n) is 2.78. The summed E-state index contributed by atoms with van der Waals surface area (Å²) in [5.41, 5.74) is 6.04. The zero-order valence-corrected chi connectivity index (χ0v) is 11.3. The van der Waals surface area contributed by atoms with Gasteiger partial charge in [-0.3, -0.25) is 0 Å². The molecule has 0 radical (unpaired) electrons. The van der Waals surface area contributed by atoms with E-state index in [9.17, 15) is 8.78 Å². The highest BCUT2D eigenvalue weighted by molar-refractivity contribution is 5.20. The molecule has 1 atom stereocenters. The molecule has 1 saturated carbocycles. The van der Waals surface area contributed by atoms with Gasteiger partial charge in [-0.2, -0.15) is 0 Å². The number of nitrogens with one attached hydrogen (secondary N) is 1. The van der Waals surface area contributed by atoms with Crippen LogP contribution in [0.3, 0.4) is 0 Å². The maximum atomic E-state index is 13.6. The van der Waals surface area contributed by atoms with E-state index in [0.29, 0.717) is 18.5 Å². The molecule has 3 N–H and O–H groups in total. The summed E-state index contributed by atoms with van der Waals surface area (Å²) in [5.74, 6) is -0.918. The largest absolute Gasteiger partial charge is 0.328 e. The second-order valence-electron chi connectivity index (χ2n) is 5.58. The number of hydrogen-bond donors (Lipinski definition) is 2. The van der Waals surface area contributed by atoms with Crippen LogP contribution in [0.4, 0.5) is 8.78 Å². The van der Waals surface area contributed by atoms with E-state index in [1.54, 1.807) is 0 Å². The summed E-state index contributed by atoms with van der Waals surface area (Å²) in [5, 5.41) is 3.45. The zero-order valence-electron chi connectivity index (χ0n) is 11.3. The van der Waals surface area contributed by atoms with Gasteiger partial charge in [0.15, 0.2) is 0 Å². The normalized spacial score (nSPS) is 25.3. The average molecular weight is 268 g/mol. The van der Waals surface area contributed by atoms with Gasteiger partial charge < -0.3 is 11.1 Å². The Morgan fingerprint density at radius 1 is 1.21 bits per heavy atom. The minimum atomic E-state index is -0.459. The molecule has 0 aliphatic heterocycles. The highest BCUT2D eigenvalue weighted by atomic mass is 19.1. The van der Waals surface area contributed by atoms with Crippen LogP contribution >= 0.6 is 0 Å². The Balaban J connectivity index is 1.89. The van der Waals surface area contributed by atoms with Crippen LogP contribution in [0, 0.1) is 11.6 Å². The topological polar surface area (TPSA) is 38.0 Å². The van der Waals surface area contributed by atoms with E-state index in [1.807, 2.05) is 6.92 Å². The van der Waals surface area contributed by atoms with Crippen LogP contribution in [0.2, 0.25) is 0 Å². The third kappa shape index (κ3) is 3.98. The van der Waals surface area contributed by atoms with Gasteiger partial charge in [0.25, 0.3) is 0 Å². The summed E-state index contributed by atoms with van der Waals surface area (Å²) in [4.78, 5) is 0. The summed E-state index contributed by atoms with van der Waals surface area (Å²) < 4.78 is 27.1. The summed E-state index contributed by atoms with van der Waals surface area (Å²) in [7, 11) is 0. The first-order valence-corrected chi connectivity index (χ1v) is 7.00. The van der Waals surface area contributed by atoms with Gasteiger partial charge in [-0.25, -0.2) is 8.78 Å². The van der Waals surface area contributed by atoms with Crippen molar-refractivity contribution in [1.29, 1.82) is 0 Å². The molecule has 0 aromatic heterocycles. The van der Waals surface area contributed by atoms with Crippen LogP contribution in [-0.2, 0) is 6.42 Å². The quantitative estimate of drug-likeness (QED) is 0.881. The van der Waals surface area contributed by atoms with Crippen molar-refractivity contribution in [2.45, 2.75) is 57.2 Å². The molecule has 1 unspecified atom stereocenters. The van der Waals surface area contributed by atoms with Crippen molar-refractivity contribution in [3.63, 3.8) is 0 Å². The van der Waals surface area contributed by atoms with Crippen molar-refractivity contribution in [2.75, 3.05) is 0 Å². The van der Waals surface area contributed by atoms with E-state index >= 15 is 0 Å². The SMILES string of the molecule is CC(Cc1c(F)cccc1F)NC1CCC(N)CC1. The molecule has 0 saturated heterocycles. The van der Waals surface area contributed by atoms with Crippen molar-refractivity contribution in [1.82, 2.24) is 5.32 Å². The number of rotatable bonds is 4. The molecular formula is C15H22F2N2. The number of halogens is 2. The lowest BCUT2D eigenvalue weighted by atomic mass is 9.91. The summed E-state index contributed by atoms with van der Waals surface area (Å²) in [6.45, 7) is 1.97. The van der Waals surface area contributed by atoms with Crippen molar-refractivity contribution in [3.8, 4) is 0 Å². The van der Waals surface area contributed by atoms with Crippen LogP contribution < -0.4 is 11.1 Å². The highest BCUT2D eigenvalue weighted by Gasteiger charge is 2.20. The molecule has 2 rings (SSSR count). The second kappa shape index (κ2) is 6.44. The van der Waals surface area contributed by atoms with Gasteiger partial charge in [0.05, 0.1) is 0 Å². The second-order valence-corrected chi connectivity index (χ2v) is 5.58. The Bertz CT molecular complexity index is 394. The lowest BCUT2D eigenvalue weighted by Crippen LogP contribution is -2.42. The monoisotopic (exact) mass is 268 g/mol. The van der Waals surface area contributed by atoms with E-state index in [-0.39, 0.29) is 11.6 Å². The number of nitrogens with two attached hydrogens (primary N) is 1. The fourth-order valence-corrected chi connectivity index (χ4v) is 2.78. The fraction of sp³-hybridized carbons (Fsp3) is 0.600. The van der Waals surface area contributed by atoms with E-state index < -0.39 is 11.6 Å². The molecule has 0 bridgehead atoms. The van der Waals surface area contributed by atoms with Gasteiger partial charge in [0.1, 0.15) is 11.6 Å². The Hall–Kier alpha value is -1.00. The predicted octanol–water partition coefficient (Wildman–Crippen LogP) is 2.76.